The SMILES string of the molecule is CCc1ccc(/C=C2/SC(=O)N(CC)C2=O)cc1. The van der Waals surface area contributed by atoms with Crippen LogP contribution in [-0.2, 0) is 11.2 Å². The third-order valence-electron chi connectivity index (χ3n) is 2.88. The van der Waals surface area contributed by atoms with Crippen molar-refractivity contribution in [1.29, 1.82) is 0 Å². The molecule has 1 aromatic rings. The Bertz CT molecular complexity index is 505. The maximum Gasteiger partial charge on any atom is 0.293 e. The summed E-state index contributed by atoms with van der Waals surface area (Å²) in [4.78, 5) is 25.2. The summed E-state index contributed by atoms with van der Waals surface area (Å²) in [7, 11) is 0. The van der Waals surface area contributed by atoms with Crippen LogP contribution in [0.5, 0.6) is 0 Å². The van der Waals surface area contributed by atoms with E-state index in [1.54, 1.807) is 13.0 Å². The second-order valence-electron chi connectivity index (χ2n) is 4.02. The first-order valence-electron chi connectivity index (χ1n) is 6.00. The number of likely N-dealkylation sites (N-methyl/N-ethyl adjacent to an activating group) is 1. The summed E-state index contributed by atoms with van der Waals surface area (Å²) in [6, 6.07) is 8.02. The predicted molar refractivity (Wildman–Crippen MR) is 74.2 cm³/mol. The van der Waals surface area contributed by atoms with E-state index in [9.17, 15) is 9.59 Å². The van der Waals surface area contributed by atoms with Gasteiger partial charge in [0.25, 0.3) is 11.1 Å². The Labute approximate surface area is 111 Å². The lowest BCUT2D eigenvalue weighted by atomic mass is 10.1. The maximum absolute atomic E-state index is 11.9. The Morgan fingerprint density at radius 3 is 2.33 bits per heavy atom. The maximum atomic E-state index is 11.9. The molecule has 3 nitrogen and oxygen atoms in total. The van der Waals surface area contributed by atoms with Crippen molar-refractivity contribution < 1.29 is 9.59 Å². The minimum absolute atomic E-state index is 0.182. The van der Waals surface area contributed by atoms with Crippen LogP contribution in [0.3, 0.4) is 0 Å². The highest BCUT2D eigenvalue weighted by Gasteiger charge is 2.33. The van der Waals surface area contributed by atoms with Gasteiger partial charge in [-0.3, -0.25) is 14.5 Å². The molecule has 1 saturated heterocycles. The van der Waals surface area contributed by atoms with Gasteiger partial charge >= 0.3 is 0 Å². The summed E-state index contributed by atoms with van der Waals surface area (Å²) in [5.41, 5.74) is 2.21. The van der Waals surface area contributed by atoms with Gasteiger partial charge in [-0.05, 0) is 42.3 Å². The van der Waals surface area contributed by atoms with Gasteiger partial charge in [-0.15, -0.1) is 0 Å². The van der Waals surface area contributed by atoms with Crippen LogP contribution in [0, 0.1) is 0 Å². The highest BCUT2D eigenvalue weighted by Crippen LogP contribution is 2.31. The number of amides is 2. The van der Waals surface area contributed by atoms with Crippen molar-refractivity contribution in [2.75, 3.05) is 6.54 Å². The van der Waals surface area contributed by atoms with Gasteiger partial charge in [0.1, 0.15) is 0 Å². The lowest BCUT2D eigenvalue weighted by molar-refractivity contribution is -0.122. The monoisotopic (exact) mass is 261 g/mol. The Hall–Kier alpha value is -1.55. The van der Waals surface area contributed by atoms with Gasteiger partial charge in [-0.1, -0.05) is 31.2 Å². The first kappa shape index (κ1) is 12.9. The molecular formula is C14H15NO2S. The summed E-state index contributed by atoms with van der Waals surface area (Å²) in [5, 5.41) is -0.182. The molecule has 0 atom stereocenters. The zero-order valence-corrected chi connectivity index (χ0v) is 11.3. The topological polar surface area (TPSA) is 37.4 Å². The number of carbonyl (C=O) groups is 2. The third-order valence-corrected chi connectivity index (χ3v) is 3.78. The van der Waals surface area contributed by atoms with Crippen molar-refractivity contribution in [1.82, 2.24) is 4.90 Å². The van der Waals surface area contributed by atoms with E-state index in [4.69, 9.17) is 0 Å². The lowest BCUT2D eigenvalue weighted by Crippen LogP contribution is -2.27. The fourth-order valence-corrected chi connectivity index (χ4v) is 2.68. The minimum Gasteiger partial charge on any atom is -0.269 e. The zero-order chi connectivity index (χ0) is 13.1. The number of nitrogens with zero attached hydrogens (tertiary/aromatic N) is 1. The number of benzene rings is 1. The van der Waals surface area contributed by atoms with Crippen LogP contribution in [0.2, 0.25) is 0 Å². The van der Waals surface area contributed by atoms with E-state index >= 15 is 0 Å². The van der Waals surface area contributed by atoms with Crippen LogP contribution >= 0.6 is 11.8 Å². The number of carbonyl (C=O) groups excluding carboxylic acids is 2. The standard InChI is InChI=1S/C14H15NO2S/c1-3-10-5-7-11(8-6-10)9-12-13(16)15(4-2)14(17)18-12/h5-9H,3-4H2,1-2H3/b12-9+. The molecule has 18 heavy (non-hydrogen) atoms. The van der Waals surface area contributed by atoms with E-state index in [-0.39, 0.29) is 11.1 Å². The first-order valence-corrected chi connectivity index (χ1v) is 6.81. The number of rotatable bonds is 3. The molecule has 0 bridgehead atoms. The largest absolute Gasteiger partial charge is 0.293 e. The quantitative estimate of drug-likeness (QED) is 0.783. The summed E-state index contributed by atoms with van der Waals surface area (Å²) in [6.07, 6.45) is 2.77. The van der Waals surface area contributed by atoms with Crippen LogP contribution in [-0.4, -0.2) is 22.6 Å². The van der Waals surface area contributed by atoms with Crippen molar-refractivity contribution in [3.8, 4) is 0 Å². The van der Waals surface area contributed by atoms with Crippen molar-refractivity contribution in [3.63, 3.8) is 0 Å². The van der Waals surface area contributed by atoms with Gasteiger partial charge in [0.15, 0.2) is 0 Å². The van der Waals surface area contributed by atoms with E-state index < -0.39 is 0 Å². The first-order chi connectivity index (χ1) is 8.65. The second-order valence-corrected chi connectivity index (χ2v) is 5.01. The Balaban J connectivity index is 2.23. The van der Waals surface area contributed by atoms with Crippen molar-refractivity contribution in [2.24, 2.45) is 0 Å². The highest BCUT2D eigenvalue weighted by atomic mass is 32.2. The lowest BCUT2D eigenvalue weighted by Gasteiger charge is -2.06. The van der Waals surface area contributed by atoms with Gasteiger partial charge in [-0.25, -0.2) is 0 Å². The van der Waals surface area contributed by atoms with Gasteiger partial charge in [0.2, 0.25) is 0 Å². The van der Waals surface area contributed by atoms with Crippen LogP contribution in [0.25, 0.3) is 6.08 Å². The number of hydrogen-bond donors (Lipinski definition) is 0. The van der Waals surface area contributed by atoms with Gasteiger partial charge in [-0.2, -0.15) is 0 Å². The van der Waals surface area contributed by atoms with Crippen LogP contribution in [0.15, 0.2) is 29.2 Å². The number of aryl methyl sites for hydroxylation is 1. The number of hydrogen-bond acceptors (Lipinski definition) is 3. The van der Waals surface area contributed by atoms with E-state index in [1.807, 2.05) is 24.3 Å². The van der Waals surface area contributed by atoms with Gasteiger partial charge in [0, 0.05) is 6.54 Å². The van der Waals surface area contributed by atoms with Crippen molar-refractivity contribution >= 4 is 29.0 Å². The number of imide groups is 1. The molecule has 1 heterocycles. The molecule has 2 rings (SSSR count). The molecule has 1 aliphatic rings. The third kappa shape index (κ3) is 2.48. The Morgan fingerprint density at radius 2 is 1.83 bits per heavy atom. The predicted octanol–water partition coefficient (Wildman–Crippen LogP) is 3.31. The molecule has 0 aliphatic carbocycles. The smallest absolute Gasteiger partial charge is 0.269 e. The molecule has 2 amide bonds. The summed E-state index contributed by atoms with van der Waals surface area (Å²) in [6.45, 7) is 4.33. The molecule has 1 aliphatic heterocycles. The molecular weight excluding hydrogens is 246 g/mol. The summed E-state index contributed by atoms with van der Waals surface area (Å²) >= 11 is 1.01. The number of thioether (sulfide) groups is 1. The molecule has 0 radical (unpaired) electrons. The molecule has 1 aromatic carbocycles. The van der Waals surface area contributed by atoms with Crippen molar-refractivity contribution in [3.05, 3.63) is 40.3 Å². The summed E-state index contributed by atoms with van der Waals surface area (Å²) in [5.74, 6) is -0.188. The zero-order valence-electron chi connectivity index (χ0n) is 10.5. The molecule has 0 N–H and O–H groups in total. The van der Waals surface area contributed by atoms with Crippen LogP contribution in [0.1, 0.15) is 25.0 Å². The molecule has 0 unspecified atom stereocenters. The molecule has 0 spiro atoms. The molecule has 0 aromatic heterocycles. The molecule has 1 fully saturated rings. The van der Waals surface area contributed by atoms with Gasteiger partial charge in [0.05, 0.1) is 4.91 Å². The summed E-state index contributed by atoms with van der Waals surface area (Å²) < 4.78 is 0. The van der Waals surface area contributed by atoms with E-state index in [1.165, 1.54) is 10.5 Å². The van der Waals surface area contributed by atoms with Gasteiger partial charge < -0.3 is 0 Å². The van der Waals surface area contributed by atoms with Crippen LogP contribution in [0.4, 0.5) is 4.79 Å². The second kappa shape index (κ2) is 5.40. The van der Waals surface area contributed by atoms with E-state index in [0.29, 0.717) is 11.4 Å². The average molecular weight is 261 g/mol. The normalized spacial score (nSPS) is 17.9. The van der Waals surface area contributed by atoms with Crippen LogP contribution < -0.4 is 0 Å². The molecule has 4 heteroatoms. The fraction of sp³-hybridized carbons (Fsp3) is 0.286. The highest BCUT2D eigenvalue weighted by molar-refractivity contribution is 8.18. The minimum atomic E-state index is -0.188. The Morgan fingerprint density at radius 1 is 1.17 bits per heavy atom. The van der Waals surface area contributed by atoms with E-state index in [2.05, 4.69) is 6.92 Å². The van der Waals surface area contributed by atoms with Crippen molar-refractivity contribution in [2.45, 2.75) is 20.3 Å². The average Bonchev–Trinajstić information content (AvgIpc) is 2.65. The molecule has 94 valence electrons. The molecule has 0 saturated carbocycles. The fourth-order valence-electron chi connectivity index (χ4n) is 1.77. The Kier molecular flexibility index (Phi) is 3.87. The van der Waals surface area contributed by atoms with E-state index in [0.717, 1.165) is 23.7 Å².